The molecule has 7 heteroatoms. The van der Waals surface area contributed by atoms with Crippen molar-refractivity contribution >= 4 is 32.9 Å². The van der Waals surface area contributed by atoms with Crippen LogP contribution in [-0.2, 0) is 9.84 Å². The Balaban J connectivity index is 1.72. The van der Waals surface area contributed by atoms with Crippen molar-refractivity contribution in [1.29, 1.82) is 0 Å². The van der Waals surface area contributed by atoms with E-state index in [-0.39, 0.29) is 17.0 Å². The highest BCUT2D eigenvalue weighted by Crippen LogP contribution is 2.37. The minimum Gasteiger partial charge on any atom is -0.330 e. The third-order valence-electron chi connectivity index (χ3n) is 4.53. The standard InChI is InChI=1S/C18H22N2O3S2/c1-25(22,23)15-9-4-8-14(12-15)19-18(21)20-17(13-6-2-3-7-13)16-10-5-11-24-16/h4-5,8-13,17H,2-3,6-7H2,1H3,(H2,19,20,21). The summed E-state index contributed by atoms with van der Waals surface area (Å²) in [7, 11) is -3.30. The normalized spacial score (nSPS) is 16.5. The Labute approximate surface area is 152 Å². The summed E-state index contributed by atoms with van der Waals surface area (Å²) in [5.74, 6) is 0.451. The summed E-state index contributed by atoms with van der Waals surface area (Å²) in [6.45, 7) is 0. The van der Waals surface area contributed by atoms with Crippen molar-refractivity contribution in [3.8, 4) is 0 Å². The van der Waals surface area contributed by atoms with E-state index in [1.807, 2.05) is 11.4 Å². The number of nitrogens with one attached hydrogen (secondary N) is 2. The monoisotopic (exact) mass is 378 g/mol. The first-order chi connectivity index (χ1) is 11.9. The number of hydrogen-bond donors (Lipinski definition) is 2. The molecule has 2 N–H and O–H groups in total. The zero-order chi connectivity index (χ0) is 17.9. The molecule has 1 saturated carbocycles. The largest absolute Gasteiger partial charge is 0.330 e. The van der Waals surface area contributed by atoms with Gasteiger partial charge >= 0.3 is 6.03 Å². The van der Waals surface area contributed by atoms with Crippen LogP contribution in [0.5, 0.6) is 0 Å². The van der Waals surface area contributed by atoms with Gasteiger partial charge < -0.3 is 10.6 Å². The van der Waals surface area contributed by atoms with Crippen molar-refractivity contribution in [3.05, 3.63) is 46.7 Å². The predicted octanol–water partition coefficient (Wildman–Crippen LogP) is 4.20. The van der Waals surface area contributed by atoms with Crippen LogP contribution in [0.2, 0.25) is 0 Å². The zero-order valence-electron chi connectivity index (χ0n) is 14.1. The summed E-state index contributed by atoms with van der Waals surface area (Å²) in [5.41, 5.74) is 0.469. The second kappa shape index (κ2) is 7.58. The van der Waals surface area contributed by atoms with Crippen LogP contribution in [0.25, 0.3) is 0 Å². The van der Waals surface area contributed by atoms with E-state index in [2.05, 4.69) is 16.7 Å². The van der Waals surface area contributed by atoms with E-state index in [1.165, 1.54) is 25.0 Å². The molecule has 1 unspecified atom stereocenters. The lowest BCUT2D eigenvalue weighted by Gasteiger charge is -2.24. The number of urea groups is 1. The van der Waals surface area contributed by atoms with Crippen LogP contribution in [0.1, 0.15) is 36.6 Å². The smallest absolute Gasteiger partial charge is 0.319 e. The lowest BCUT2D eigenvalue weighted by Crippen LogP contribution is -2.35. The van der Waals surface area contributed by atoms with Gasteiger partial charge in [0.25, 0.3) is 0 Å². The first-order valence-electron chi connectivity index (χ1n) is 8.34. The molecule has 2 aromatic rings. The Bertz CT molecular complexity index is 826. The van der Waals surface area contributed by atoms with Gasteiger partial charge in [-0.3, -0.25) is 0 Å². The van der Waals surface area contributed by atoms with Gasteiger partial charge in [0, 0.05) is 16.8 Å². The van der Waals surface area contributed by atoms with Crippen LogP contribution in [-0.4, -0.2) is 20.7 Å². The van der Waals surface area contributed by atoms with E-state index in [0.717, 1.165) is 24.0 Å². The molecule has 0 spiro atoms. The highest BCUT2D eigenvalue weighted by atomic mass is 32.2. The quantitative estimate of drug-likeness (QED) is 0.818. The van der Waals surface area contributed by atoms with Gasteiger partial charge in [0.05, 0.1) is 10.9 Å². The van der Waals surface area contributed by atoms with Crippen LogP contribution >= 0.6 is 11.3 Å². The average Bonchev–Trinajstić information content (AvgIpc) is 3.26. The number of sulfone groups is 1. The van der Waals surface area contributed by atoms with Gasteiger partial charge in [-0.05, 0) is 48.4 Å². The van der Waals surface area contributed by atoms with E-state index in [1.54, 1.807) is 23.5 Å². The maximum absolute atomic E-state index is 12.5. The number of thiophene rings is 1. The maximum Gasteiger partial charge on any atom is 0.319 e. The molecular formula is C18H22N2O3S2. The van der Waals surface area contributed by atoms with Crippen molar-refractivity contribution < 1.29 is 13.2 Å². The first-order valence-corrected chi connectivity index (χ1v) is 11.1. The minimum atomic E-state index is -3.30. The van der Waals surface area contributed by atoms with Crippen molar-refractivity contribution in [2.75, 3.05) is 11.6 Å². The van der Waals surface area contributed by atoms with Gasteiger partial charge in [-0.25, -0.2) is 13.2 Å². The summed E-state index contributed by atoms with van der Waals surface area (Å²) in [5, 5.41) is 7.86. The Morgan fingerprint density at radius 3 is 2.60 bits per heavy atom. The van der Waals surface area contributed by atoms with Gasteiger partial charge in [-0.1, -0.05) is 25.0 Å². The van der Waals surface area contributed by atoms with Gasteiger partial charge in [0.1, 0.15) is 0 Å². The Morgan fingerprint density at radius 1 is 1.20 bits per heavy atom. The second-order valence-electron chi connectivity index (χ2n) is 6.44. The molecule has 25 heavy (non-hydrogen) atoms. The molecule has 1 atom stereocenters. The van der Waals surface area contributed by atoms with Gasteiger partial charge in [-0.15, -0.1) is 11.3 Å². The molecule has 2 amide bonds. The molecule has 1 aliphatic rings. The van der Waals surface area contributed by atoms with Gasteiger partial charge in [-0.2, -0.15) is 0 Å². The van der Waals surface area contributed by atoms with E-state index >= 15 is 0 Å². The van der Waals surface area contributed by atoms with Gasteiger partial charge in [0.15, 0.2) is 9.84 Å². The molecule has 0 aliphatic heterocycles. The highest BCUT2D eigenvalue weighted by Gasteiger charge is 2.28. The number of hydrogen-bond acceptors (Lipinski definition) is 4. The molecule has 1 aromatic heterocycles. The van der Waals surface area contributed by atoms with E-state index < -0.39 is 9.84 Å². The lowest BCUT2D eigenvalue weighted by molar-refractivity contribution is 0.243. The maximum atomic E-state index is 12.5. The Hall–Kier alpha value is -1.86. The summed E-state index contributed by atoms with van der Waals surface area (Å²) in [6, 6.07) is 10.0. The molecule has 5 nitrogen and oxygen atoms in total. The van der Waals surface area contributed by atoms with Crippen LogP contribution in [0, 0.1) is 5.92 Å². The van der Waals surface area contributed by atoms with Crippen molar-refractivity contribution in [2.24, 2.45) is 5.92 Å². The van der Waals surface area contributed by atoms with Crippen LogP contribution in [0.3, 0.4) is 0 Å². The third kappa shape index (κ3) is 4.61. The Kier molecular flexibility index (Phi) is 5.44. The second-order valence-corrected chi connectivity index (χ2v) is 9.43. The molecule has 1 fully saturated rings. The molecule has 0 radical (unpaired) electrons. The molecule has 1 heterocycles. The highest BCUT2D eigenvalue weighted by molar-refractivity contribution is 7.90. The number of rotatable bonds is 5. The molecule has 1 aromatic carbocycles. The number of anilines is 1. The van der Waals surface area contributed by atoms with Crippen LogP contribution < -0.4 is 10.6 Å². The molecular weight excluding hydrogens is 356 g/mol. The van der Waals surface area contributed by atoms with Crippen molar-refractivity contribution in [2.45, 2.75) is 36.6 Å². The van der Waals surface area contributed by atoms with Gasteiger partial charge in [0.2, 0.25) is 0 Å². The molecule has 3 rings (SSSR count). The van der Waals surface area contributed by atoms with E-state index in [0.29, 0.717) is 11.6 Å². The molecule has 134 valence electrons. The van der Waals surface area contributed by atoms with E-state index in [4.69, 9.17) is 0 Å². The number of carbonyl (C=O) groups is 1. The molecule has 1 aliphatic carbocycles. The minimum absolute atomic E-state index is 0.000547. The summed E-state index contributed by atoms with van der Waals surface area (Å²) < 4.78 is 23.3. The average molecular weight is 379 g/mol. The third-order valence-corrected chi connectivity index (χ3v) is 6.59. The molecule has 0 saturated heterocycles. The summed E-state index contributed by atoms with van der Waals surface area (Å²) >= 11 is 1.65. The predicted molar refractivity (Wildman–Crippen MR) is 101 cm³/mol. The summed E-state index contributed by atoms with van der Waals surface area (Å²) in [6.07, 6.45) is 5.79. The Morgan fingerprint density at radius 2 is 1.96 bits per heavy atom. The first kappa shape index (κ1) is 17.9. The topological polar surface area (TPSA) is 75.3 Å². The fraction of sp³-hybridized carbons (Fsp3) is 0.389. The fourth-order valence-electron chi connectivity index (χ4n) is 3.29. The molecule has 0 bridgehead atoms. The van der Waals surface area contributed by atoms with Crippen molar-refractivity contribution in [1.82, 2.24) is 5.32 Å². The number of carbonyl (C=O) groups excluding carboxylic acids is 1. The van der Waals surface area contributed by atoms with Crippen LogP contribution in [0.4, 0.5) is 10.5 Å². The summed E-state index contributed by atoms with van der Waals surface area (Å²) in [4.78, 5) is 13.8. The van der Waals surface area contributed by atoms with Crippen molar-refractivity contribution in [3.63, 3.8) is 0 Å². The number of benzene rings is 1. The lowest BCUT2D eigenvalue weighted by atomic mass is 9.97. The SMILES string of the molecule is CS(=O)(=O)c1cccc(NC(=O)NC(c2cccs2)C2CCCC2)c1. The van der Waals surface area contributed by atoms with E-state index in [9.17, 15) is 13.2 Å². The zero-order valence-corrected chi connectivity index (χ0v) is 15.7. The fourth-order valence-corrected chi connectivity index (χ4v) is 4.83. The van der Waals surface area contributed by atoms with Crippen LogP contribution in [0.15, 0.2) is 46.7 Å². The number of amides is 2.